The lowest BCUT2D eigenvalue weighted by Crippen LogP contribution is -2.53. The molecule has 1 aromatic rings. The topological polar surface area (TPSA) is 77.5 Å². The van der Waals surface area contributed by atoms with Crippen LogP contribution in [0.4, 0.5) is 10.6 Å². The van der Waals surface area contributed by atoms with Gasteiger partial charge in [-0.05, 0) is 56.1 Å². The van der Waals surface area contributed by atoms with Gasteiger partial charge < -0.3 is 20.6 Å². The van der Waals surface area contributed by atoms with Crippen LogP contribution >= 0.6 is 0 Å². The number of nitrogens with zero attached hydrogens (tertiary/aromatic N) is 2. The number of anilines is 1. The van der Waals surface area contributed by atoms with Crippen molar-refractivity contribution in [3.63, 3.8) is 0 Å². The first-order chi connectivity index (χ1) is 12.2. The summed E-state index contributed by atoms with van der Waals surface area (Å²) in [6.07, 6.45) is 7.25. The van der Waals surface area contributed by atoms with Crippen molar-refractivity contribution in [1.29, 1.82) is 0 Å². The summed E-state index contributed by atoms with van der Waals surface area (Å²) in [5.41, 5.74) is 0. The molecule has 2 saturated carbocycles. The van der Waals surface area contributed by atoms with Crippen LogP contribution in [-0.4, -0.2) is 47.9 Å². The molecule has 136 valence electrons. The summed E-state index contributed by atoms with van der Waals surface area (Å²) >= 11 is 0. The number of aliphatic hydroxyl groups excluding tert-OH is 1. The van der Waals surface area contributed by atoms with Crippen molar-refractivity contribution in [3.8, 4) is 0 Å². The van der Waals surface area contributed by atoms with Crippen LogP contribution in [0.1, 0.15) is 32.1 Å². The molecule has 3 fully saturated rings. The van der Waals surface area contributed by atoms with Crippen LogP contribution in [0.2, 0.25) is 0 Å². The fourth-order valence-corrected chi connectivity index (χ4v) is 5.07. The average Bonchev–Trinajstić information content (AvgIpc) is 3.24. The first-order valence-electron chi connectivity index (χ1n) is 9.58. The molecule has 3 aliphatic rings. The van der Waals surface area contributed by atoms with Crippen molar-refractivity contribution < 1.29 is 9.90 Å². The molecule has 1 aliphatic heterocycles. The summed E-state index contributed by atoms with van der Waals surface area (Å²) in [5, 5.41) is 16.0. The fourth-order valence-electron chi connectivity index (χ4n) is 5.07. The van der Waals surface area contributed by atoms with Crippen LogP contribution in [0.25, 0.3) is 0 Å². The Kier molecular flexibility index (Phi) is 4.79. The first kappa shape index (κ1) is 16.6. The lowest BCUT2D eigenvalue weighted by atomic mass is 9.85. The Morgan fingerprint density at radius 2 is 1.96 bits per heavy atom. The molecule has 4 rings (SSSR count). The molecular weight excluding hydrogens is 316 g/mol. The summed E-state index contributed by atoms with van der Waals surface area (Å²) in [6, 6.07) is 6.27. The Labute approximate surface area is 149 Å². The molecule has 2 bridgehead atoms. The molecule has 6 heteroatoms. The molecule has 2 amide bonds. The van der Waals surface area contributed by atoms with E-state index in [1.165, 1.54) is 19.3 Å². The SMILES string of the molecule is O=C(NC1CCN(c2ccccn2)CC1)NC1C2CCC(C2)C1CO. The maximum absolute atomic E-state index is 12.4. The summed E-state index contributed by atoms with van der Waals surface area (Å²) < 4.78 is 0. The van der Waals surface area contributed by atoms with Crippen LogP contribution < -0.4 is 15.5 Å². The van der Waals surface area contributed by atoms with E-state index in [1.807, 2.05) is 24.4 Å². The summed E-state index contributed by atoms with van der Waals surface area (Å²) in [6.45, 7) is 2.01. The molecular formula is C19H28N4O2. The van der Waals surface area contributed by atoms with Gasteiger partial charge in [0, 0.05) is 43.9 Å². The number of piperidine rings is 1. The van der Waals surface area contributed by atoms with Crippen molar-refractivity contribution in [2.45, 2.75) is 44.2 Å². The highest BCUT2D eigenvalue weighted by Crippen LogP contribution is 2.48. The van der Waals surface area contributed by atoms with Gasteiger partial charge in [-0.2, -0.15) is 0 Å². The number of urea groups is 1. The summed E-state index contributed by atoms with van der Waals surface area (Å²) in [4.78, 5) is 19.1. The minimum absolute atomic E-state index is 0.0627. The highest BCUT2D eigenvalue weighted by molar-refractivity contribution is 5.74. The van der Waals surface area contributed by atoms with E-state index in [-0.39, 0.29) is 30.6 Å². The first-order valence-corrected chi connectivity index (χ1v) is 9.58. The fraction of sp³-hybridized carbons (Fsp3) is 0.684. The number of pyridine rings is 1. The Bertz CT molecular complexity index is 588. The lowest BCUT2D eigenvalue weighted by molar-refractivity contribution is 0.143. The van der Waals surface area contributed by atoms with E-state index in [2.05, 4.69) is 20.5 Å². The molecule has 1 saturated heterocycles. The third-order valence-corrected chi connectivity index (χ3v) is 6.40. The highest BCUT2D eigenvalue weighted by Gasteiger charge is 2.47. The second kappa shape index (κ2) is 7.20. The molecule has 4 atom stereocenters. The zero-order chi connectivity index (χ0) is 17.2. The van der Waals surface area contributed by atoms with Gasteiger partial charge in [-0.3, -0.25) is 0 Å². The zero-order valence-electron chi connectivity index (χ0n) is 14.6. The predicted molar refractivity (Wildman–Crippen MR) is 96.3 cm³/mol. The molecule has 3 N–H and O–H groups in total. The zero-order valence-corrected chi connectivity index (χ0v) is 14.6. The van der Waals surface area contributed by atoms with Crippen molar-refractivity contribution in [2.75, 3.05) is 24.6 Å². The van der Waals surface area contributed by atoms with E-state index >= 15 is 0 Å². The molecule has 25 heavy (non-hydrogen) atoms. The number of carbonyl (C=O) groups excluding carboxylic acids is 1. The second-order valence-corrected chi connectivity index (χ2v) is 7.77. The summed E-state index contributed by atoms with van der Waals surface area (Å²) in [5.74, 6) is 2.41. The number of rotatable bonds is 4. The van der Waals surface area contributed by atoms with Crippen LogP contribution in [0.5, 0.6) is 0 Å². The van der Waals surface area contributed by atoms with Crippen LogP contribution in [0, 0.1) is 17.8 Å². The van der Waals surface area contributed by atoms with E-state index in [4.69, 9.17) is 0 Å². The number of nitrogens with one attached hydrogen (secondary N) is 2. The van der Waals surface area contributed by atoms with Gasteiger partial charge in [0.25, 0.3) is 0 Å². The third kappa shape index (κ3) is 3.45. The molecule has 0 spiro atoms. The standard InChI is InChI=1S/C19H28N4O2/c24-12-16-13-4-5-14(11-13)18(16)22-19(25)21-15-6-9-23(10-7-15)17-3-1-2-8-20-17/h1-3,8,13-16,18,24H,4-7,9-12H2,(H2,21,22,25). The maximum atomic E-state index is 12.4. The molecule has 0 radical (unpaired) electrons. The number of hydrogen-bond donors (Lipinski definition) is 3. The summed E-state index contributed by atoms with van der Waals surface area (Å²) in [7, 11) is 0. The molecule has 4 unspecified atom stereocenters. The van der Waals surface area contributed by atoms with Gasteiger partial charge in [0.15, 0.2) is 0 Å². The van der Waals surface area contributed by atoms with E-state index in [0.29, 0.717) is 11.8 Å². The van der Waals surface area contributed by atoms with E-state index in [9.17, 15) is 9.90 Å². The number of aromatic nitrogens is 1. The lowest BCUT2D eigenvalue weighted by Gasteiger charge is -2.34. The molecule has 6 nitrogen and oxygen atoms in total. The number of fused-ring (bicyclic) bond motifs is 2. The smallest absolute Gasteiger partial charge is 0.315 e. The largest absolute Gasteiger partial charge is 0.396 e. The van der Waals surface area contributed by atoms with Gasteiger partial charge in [-0.1, -0.05) is 6.07 Å². The predicted octanol–water partition coefficient (Wildman–Crippen LogP) is 1.76. The molecule has 2 heterocycles. The Morgan fingerprint density at radius 1 is 1.16 bits per heavy atom. The van der Waals surface area contributed by atoms with Gasteiger partial charge in [0.05, 0.1) is 0 Å². The van der Waals surface area contributed by atoms with Crippen molar-refractivity contribution in [1.82, 2.24) is 15.6 Å². The molecule has 0 aromatic carbocycles. The molecule has 2 aliphatic carbocycles. The van der Waals surface area contributed by atoms with Crippen LogP contribution in [0.3, 0.4) is 0 Å². The van der Waals surface area contributed by atoms with Gasteiger partial charge in [-0.15, -0.1) is 0 Å². The maximum Gasteiger partial charge on any atom is 0.315 e. The quantitative estimate of drug-likeness (QED) is 0.778. The Hall–Kier alpha value is -1.82. The number of hydrogen-bond acceptors (Lipinski definition) is 4. The van der Waals surface area contributed by atoms with Crippen LogP contribution in [0.15, 0.2) is 24.4 Å². The number of carbonyl (C=O) groups is 1. The minimum atomic E-state index is -0.0627. The number of amides is 2. The van der Waals surface area contributed by atoms with Gasteiger partial charge in [-0.25, -0.2) is 9.78 Å². The van der Waals surface area contributed by atoms with Crippen LogP contribution in [-0.2, 0) is 0 Å². The monoisotopic (exact) mass is 344 g/mol. The average molecular weight is 344 g/mol. The van der Waals surface area contributed by atoms with E-state index in [0.717, 1.165) is 31.7 Å². The number of aliphatic hydroxyl groups is 1. The van der Waals surface area contributed by atoms with Gasteiger partial charge >= 0.3 is 6.03 Å². The van der Waals surface area contributed by atoms with Crippen molar-refractivity contribution >= 4 is 11.8 Å². The Balaban J connectivity index is 1.25. The molecule has 1 aromatic heterocycles. The normalized spacial score (nSPS) is 32.0. The minimum Gasteiger partial charge on any atom is -0.396 e. The van der Waals surface area contributed by atoms with Crippen molar-refractivity contribution in [3.05, 3.63) is 24.4 Å². The van der Waals surface area contributed by atoms with Gasteiger partial charge in [0.1, 0.15) is 5.82 Å². The second-order valence-electron chi connectivity index (χ2n) is 7.77. The Morgan fingerprint density at radius 3 is 2.68 bits per heavy atom. The van der Waals surface area contributed by atoms with E-state index < -0.39 is 0 Å². The highest BCUT2D eigenvalue weighted by atomic mass is 16.3. The van der Waals surface area contributed by atoms with E-state index in [1.54, 1.807) is 0 Å². The van der Waals surface area contributed by atoms with Gasteiger partial charge in [0.2, 0.25) is 0 Å². The third-order valence-electron chi connectivity index (χ3n) is 6.40. The van der Waals surface area contributed by atoms with Crippen molar-refractivity contribution in [2.24, 2.45) is 17.8 Å².